The van der Waals surface area contributed by atoms with Crippen LogP contribution >= 0.6 is 11.6 Å². The first-order valence-electron chi connectivity index (χ1n) is 6.24. The van der Waals surface area contributed by atoms with E-state index in [9.17, 15) is 9.59 Å². The number of methoxy groups -OCH3 is 1. The maximum atomic E-state index is 12.0. The lowest BCUT2D eigenvalue weighted by molar-refractivity contribution is -0.141. The van der Waals surface area contributed by atoms with Crippen LogP contribution in [-0.4, -0.2) is 40.7 Å². The molecule has 0 saturated heterocycles. The fourth-order valence-electron chi connectivity index (χ4n) is 1.38. The number of nitrogens with one attached hydrogen (secondary N) is 1. The summed E-state index contributed by atoms with van der Waals surface area (Å²) in [6.07, 6.45) is 0. The maximum absolute atomic E-state index is 12.0. The van der Waals surface area contributed by atoms with Crippen LogP contribution in [0.25, 0.3) is 0 Å². The van der Waals surface area contributed by atoms with E-state index in [1.165, 1.54) is 13.2 Å². The molecule has 0 bridgehead atoms. The van der Waals surface area contributed by atoms with Crippen molar-refractivity contribution in [1.29, 1.82) is 0 Å². The highest BCUT2D eigenvalue weighted by Gasteiger charge is 2.21. The predicted molar refractivity (Wildman–Crippen MR) is 77.3 cm³/mol. The first-order chi connectivity index (χ1) is 9.62. The van der Waals surface area contributed by atoms with Gasteiger partial charge in [-0.2, -0.15) is 0 Å². The summed E-state index contributed by atoms with van der Waals surface area (Å²) >= 11 is 5.78. The SMILES string of the molecule is COC(=O)[C@H](C)Nc1cc(C(=O)OC(C)(C)C)nc(Cl)n1. The summed E-state index contributed by atoms with van der Waals surface area (Å²) in [5, 5.41) is 2.65. The quantitative estimate of drug-likeness (QED) is 0.671. The van der Waals surface area contributed by atoms with Crippen molar-refractivity contribution in [3.63, 3.8) is 0 Å². The molecule has 0 radical (unpaired) electrons. The van der Waals surface area contributed by atoms with Crippen molar-refractivity contribution in [2.45, 2.75) is 39.3 Å². The molecule has 0 unspecified atom stereocenters. The molecule has 1 atom stereocenters. The van der Waals surface area contributed by atoms with Crippen molar-refractivity contribution < 1.29 is 19.1 Å². The molecule has 8 heteroatoms. The molecule has 0 amide bonds. The van der Waals surface area contributed by atoms with Gasteiger partial charge in [0.15, 0.2) is 5.69 Å². The smallest absolute Gasteiger partial charge is 0.357 e. The average molecular weight is 316 g/mol. The lowest BCUT2D eigenvalue weighted by Crippen LogP contribution is -2.28. The number of nitrogens with zero attached hydrogens (tertiary/aromatic N) is 2. The van der Waals surface area contributed by atoms with Gasteiger partial charge in [0.2, 0.25) is 5.28 Å². The largest absolute Gasteiger partial charge is 0.467 e. The van der Waals surface area contributed by atoms with Crippen molar-refractivity contribution in [2.75, 3.05) is 12.4 Å². The topological polar surface area (TPSA) is 90.4 Å². The predicted octanol–water partition coefficient (Wildman–Crippen LogP) is 2.06. The van der Waals surface area contributed by atoms with Crippen molar-refractivity contribution in [3.8, 4) is 0 Å². The number of rotatable bonds is 4. The molecular weight excluding hydrogens is 298 g/mol. The van der Waals surface area contributed by atoms with E-state index in [0.29, 0.717) is 0 Å². The molecule has 0 spiro atoms. The van der Waals surface area contributed by atoms with E-state index in [2.05, 4.69) is 20.0 Å². The number of carbonyl (C=O) groups is 2. The number of hydrogen-bond donors (Lipinski definition) is 1. The van der Waals surface area contributed by atoms with Gasteiger partial charge in [-0.15, -0.1) is 0 Å². The van der Waals surface area contributed by atoms with Gasteiger partial charge in [-0.05, 0) is 39.3 Å². The summed E-state index contributed by atoms with van der Waals surface area (Å²) in [5.41, 5.74) is -0.647. The monoisotopic (exact) mass is 315 g/mol. The third-order valence-electron chi connectivity index (χ3n) is 2.23. The number of aromatic nitrogens is 2. The van der Waals surface area contributed by atoms with Crippen LogP contribution in [0.2, 0.25) is 5.28 Å². The molecule has 1 N–H and O–H groups in total. The minimum absolute atomic E-state index is 0.00416. The van der Waals surface area contributed by atoms with Crippen LogP contribution < -0.4 is 5.32 Å². The molecule has 0 fully saturated rings. The lowest BCUT2D eigenvalue weighted by Gasteiger charge is -2.19. The van der Waals surface area contributed by atoms with Gasteiger partial charge in [-0.25, -0.2) is 19.6 Å². The van der Waals surface area contributed by atoms with Gasteiger partial charge < -0.3 is 14.8 Å². The molecular formula is C13H18ClN3O4. The minimum atomic E-state index is -0.651. The lowest BCUT2D eigenvalue weighted by atomic mass is 10.2. The number of hydrogen-bond acceptors (Lipinski definition) is 7. The van der Waals surface area contributed by atoms with Crippen molar-refractivity contribution in [3.05, 3.63) is 17.0 Å². The standard InChI is InChI=1S/C13H18ClN3O4/c1-7(10(18)20-5)15-9-6-8(16-12(14)17-9)11(19)21-13(2,3)4/h6-7H,1-5H3,(H,15,16,17)/t7-/m0/s1. The van der Waals surface area contributed by atoms with Crippen molar-refractivity contribution in [2.24, 2.45) is 0 Å². The zero-order valence-corrected chi connectivity index (χ0v) is 13.3. The molecule has 7 nitrogen and oxygen atoms in total. The zero-order chi connectivity index (χ0) is 16.2. The van der Waals surface area contributed by atoms with Crippen LogP contribution in [0.15, 0.2) is 6.07 Å². The van der Waals surface area contributed by atoms with Gasteiger partial charge in [-0.3, -0.25) is 0 Å². The Morgan fingerprint density at radius 2 is 1.95 bits per heavy atom. The molecule has 0 aliphatic heterocycles. The maximum Gasteiger partial charge on any atom is 0.357 e. The molecule has 1 aromatic rings. The zero-order valence-electron chi connectivity index (χ0n) is 12.6. The highest BCUT2D eigenvalue weighted by molar-refractivity contribution is 6.28. The first kappa shape index (κ1) is 17.2. The highest BCUT2D eigenvalue weighted by Crippen LogP contribution is 2.16. The number of ether oxygens (including phenoxy) is 2. The van der Waals surface area contributed by atoms with Crippen LogP contribution in [0, 0.1) is 0 Å². The summed E-state index contributed by atoms with van der Waals surface area (Å²) in [6, 6.07) is 0.715. The Morgan fingerprint density at radius 3 is 2.48 bits per heavy atom. The van der Waals surface area contributed by atoms with Crippen LogP contribution in [0.5, 0.6) is 0 Å². The van der Waals surface area contributed by atoms with Gasteiger partial charge in [0.25, 0.3) is 0 Å². The molecule has 0 aliphatic carbocycles. The number of esters is 2. The normalized spacial score (nSPS) is 12.5. The van der Waals surface area contributed by atoms with E-state index in [1.54, 1.807) is 27.7 Å². The molecule has 0 saturated carbocycles. The Kier molecular flexibility index (Phi) is 5.48. The van der Waals surface area contributed by atoms with Crippen LogP contribution in [0.3, 0.4) is 0 Å². The Bertz CT molecular complexity index is 543. The third-order valence-corrected chi connectivity index (χ3v) is 2.40. The van der Waals surface area contributed by atoms with Gasteiger partial charge in [0.05, 0.1) is 7.11 Å². The van der Waals surface area contributed by atoms with Crippen LogP contribution in [0.4, 0.5) is 5.82 Å². The van der Waals surface area contributed by atoms with E-state index in [0.717, 1.165) is 0 Å². The Labute approximate surface area is 128 Å². The molecule has 0 aromatic carbocycles. The van der Waals surface area contributed by atoms with Crippen LogP contribution in [-0.2, 0) is 14.3 Å². The Balaban J connectivity index is 2.94. The van der Waals surface area contributed by atoms with Gasteiger partial charge in [-0.1, -0.05) is 0 Å². The van der Waals surface area contributed by atoms with Crippen molar-refractivity contribution >= 4 is 29.4 Å². The number of halogens is 1. The fraction of sp³-hybridized carbons (Fsp3) is 0.538. The van der Waals surface area contributed by atoms with Crippen LogP contribution in [0.1, 0.15) is 38.2 Å². The summed E-state index contributed by atoms with van der Waals surface area (Å²) in [4.78, 5) is 31.0. The molecule has 0 aliphatic rings. The second-order valence-corrected chi connectivity index (χ2v) is 5.64. The third kappa shape index (κ3) is 5.55. The highest BCUT2D eigenvalue weighted by atomic mass is 35.5. The summed E-state index contributed by atoms with van der Waals surface area (Å²) in [5.74, 6) is -0.863. The van der Waals surface area contributed by atoms with Gasteiger partial charge in [0, 0.05) is 6.07 Å². The second-order valence-electron chi connectivity index (χ2n) is 5.30. The van der Waals surface area contributed by atoms with E-state index in [-0.39, 0.29) is 16.8 Å². The minimum Gasteiger partial charge on any atom is -0.467 e. The fourth-order valence-corrected chi connectivity index (χ4v) is 1.57. The van der Waals surface area contributed by atoms with E-state index in [4.69, 9.17) is 16.3 Å². The summed E-state index contributed by atoms with van der Waals surface area (Å²) in [6.45, 7) is 6.82. The molecule has 21 heavy (non-hydrogen) atoms. The first-order valence-corrected chi connectivity index (χ1v) is 6.62. The van der Waals surface area contributed by atoms with Crippen molar-refractivity contribution in [1.82, 2.24) is 9.97 Å². The second kappa shape index (κ2) is 6.71. The van der Waals surface area contributed by atoms with E-state index >= 15 is 0 Å². The average Bonchev–Trinajstić information content (AvgIpc) is 2.34. The Hall–Kier alpha value is -1.89. The number of anilines is 1. The van der Waals surface area contributed by atoms with E-state index in [1.807, 2.05) is 0 Å². The molecule has 1 heterocycles. The molecule has 1 rings (SSSR count). The summed E-state index contributed by atoms with van der Waals surface area (Å²) in [7, 11) is 1.28. The van der Waals surface area contributed by atoms with Gasteiger partial charge in [0.1, 0.15) is 17.5 Å². The molecule has 1 aromatic heterocycles. The summed E-state index contributed by atoms with van der Waals surface area (Å²) < 4.78 is 9.79. The molecule has 116 valence electrons. The van der Waals surface area contributed by atoms with E-state index < -0.39 is 23.6 Å². The number of carbonyl (C=O) groups excluding carboxylic acids is 2. The Morgan fingerprint density at radius 1 is 1.33 bits per heavy atom. The van der Waals surface area contributed by atoms with Gasteiger partial charge >= 0.3 is 11.9 Å².